The van der Waals surface area contributed by atoms with Gasteiger partial charge < -0.3 is 10.2 Å². The van der Waals surface area contributed by atoms with Crippen LogP contribution in [-0.2, 0) is 6.18 Å². The normalized spacial score (nSPS) is 12.1. The van der Waals surface area contributed by atoms with Crippen molar-refractivity contribution in [2.45, 2.75) is 20.0 Å². The Bertz CT molecular complexity index is 630. The van der Waals surface area contributed by atoms with E-state index in [1.807, 2.05) is 0 Å². The first-order valence-electron chi connectivity index (χ1n) is 5.25. The molecule has 0 heterocycles. The molecule has 0 bridgehead atoms. The molecule has 2 aromatic carbocycles. The van der Waals surface area contributed by atoms with Crippen molar-refractivity contribution in [2.24, 2.45) is 0 Å². The Morgan fingerprint density at radius 1 is 1.00 bits per heavy atom. The van der Waals surface area contributed by atoms with E-state index in [1.54, 1.807) is 13.8 Å². The van der Waals surface area contributed by atoms with Crippen molar-refractivity contribution in [2.75, 3.05) is 0 Å². The van der Waals surface area contributed by atoms with Crippen LogP contribution in [0, 0.1) is 13.8 Å². The summed E-state index contributed by atoms with van der Waals surface area (Å²) in [5.41, 5.74) is -0.172. The standard InChI is InChI=1S/C13H11F3O2/c1-6-7(2)11-8(5-10(6)17)3-4-9(12(11)18)13(14,15)16/h3-5,17-18H,1-2H3. The molecule has 0 fully saturated rings. The molecule has 0 aliphatic heterocycles. The first-order valence-corrected chi connectivity index (χ1v) is 5.25. The number of rotatable bonds is 0. The van der Waals surface area contributed by atoms with Gasteiger partial charge in [0.25, 0.3) is 0 Å². The van der Waals surface area contributed by atoms with Crippen LogP contribution in [0.2, 0.25) is 0 Å². The molecule has 0 aliphatic carbocycles. The lowest BCUT2D eigenvalue weighted by Crippen LogP contribution is -2.05. The van der Waals surface area contributed by atoms with Gasteiger partial charge in [0.15, 0.2) is 0 Å². The second-order valence-corrected chi connectivity index (χ2v) is 4.20. The monoisotopic (exact) mass is 256 g/mol. The van der Waals surface area contributed by atoms with Crippen molar-refractivity contribution in [3.8, 4) is 11.5 Å². The van der Waals surface area contributed by atoms with Crippen molar-refractivity contribution >= 4 is 10.8 Å². The van der Waals surface area contributed by atoms with Gasteiger partial charge in [-0.1, -0.05) is 6.07 Å². The number of benzene rings is 2. The maximum atomic E-state index is 12.7. The van der Waals surface area contributed by atoms with Crippen LogP contribution in [0.4, 0.5) is 13.2 Å². The predicted molar refractivity (Wildman–Crippen MR) is 61.8 cm³/mol. The van der Waals surface area contributed by atoms with Gasteiger partial charge >= 0.3 is 6.18 Å². The minimum absolute atomic E-state index is 0.000779. The fourth-order valence-electron chi connectivity index (χ4n) is 1.99. The Morgan fingerprint density at radius 3 is 2.17 bits per heavy atom. The maximum Gasteiger partial charge on any atom is 0.419 e. The summed E-state index contributed by atoms with van der Waals surface area (Å²) < 4.78 is 38.0. The van der Waals surface area contributed by atoms with Crippen LogP contribution < -0.4 is 0 Å². The van der Waals surface area contributed by atoms with E-state index in [4.69, 9.17) is 0 Å². The van der Waals surface area contributed by atoms with Gasteiger partial charge in [-0.3, -0.25) is 0 Å². The molecule has 96 valence electrons. The molecule has 2 N–H and O–H groups in total. The molecule has 0 amide bonds. The van der Waals surface area contributed by atoms with Gasteiger partial charge in [0.2, 0.25) is 0 Å². The first kappa shape index (κ1) is 12.5. The number of aromatic hydroxyl groups is 2. The van der Waals surface area contributed by atoms with E-state index in [2.05, 4.69) is 0 Å². The zero-order chi connectivity index (χ0) is 13.7. The molecule has 18 heavy (non-hydrogen) atoms. The van der Waals surface area contributed by atoms with Crippen molar-refractivity contribution in [3.05, 3.63) is 34.9 Å². The number of phenolic OH excluding ortho intramolecular Hbond substituents is 2. The van der Waals surface area contributed by atoms with E-state index >= 15 is 0 Å². The van der Waals surface area contributed by atoms with E-state index in [0.717, 1.165) is 6.07 Å². The summed E-state index contributed by atoms with van der Waals surface area (Å²) in [6, 6.07) is 3.40. The van der Waals surface area contributed by atoms with Crippen molar-refractivity contribution in [1.29, 1.82) is 0 Å². The molecule has 0 unspecified atom stereocenters. The average Bonchev–Trinajstić information content (AvgIpc) is 2.24. The Labute approximate surface area is 101 Å². The van der Waals surface area contributed by atoms with Gasteiger partial charge in [-0.2, -0.15) is 13.2 Å². The minimum atomic E-state index is -4.60. The zero-order valence-corrected chi connectivity index (χ0v) is 9.76. The predicted octanol–water partition coefficient (Wildman–Crippen LogP) is 3.89. The highest BCUT2D eigenvalue weighted by Gasteiger charge is 2.34. The Kier molecular flexibility index (Phi) is 2.65. The summed E-state index contributed by atoms with van der Waals surface area (Å²) in [5, 5.41) is 19.9. The van der Waals surface area contributed by atoms with Crippen LogP contribution in [-0.4, -0.2) is 10.2 Å². The Morgan fingerprint density at radius 2 is 1.61 bits per heavy atom. The number of aryl methyl sites for hydroxylation is 1. The van der Waals surface area contributed by atoms with Gasteiger partial charge in [0, 0.05) is 5.39 Å². The highest BCUT2D eigenvalue weighted by atomic mass is 19.4. The number of hydrogen-bond acceptors (Lipinski definition) is 2. The summed E-state index contributed by atoms with van der Waals surface area (Å²) >= 11 is 0. The van der Waals surface area contributed by atoms with Crippen molar-refractivity contribution < 1.29 is 23.4 Å². The van der Waals surface area contributed by atoms with Gasteiger partial charge in [0.05, 0.1) is 5.56 Å². The van der Waals surface area contributed by atoms with E-state index in [-0.39, 0.29) is 11.1 Å². The van der Waals surface area contributed by atoms with Gasteiger partial charge in [0.1, 0.15) is 11.5 Å². The first-order chi connectivity index (χ1) is 8.23. The smallest absolute Gasteiger partial charge is 0.419 e. The SMILES string of the molecule is Cc1c(O)cc2ccc(C(F)(F)F)c(O)c2c1C. The number of fused-ring (bicyclic) bond motifs is 1. The Balaban J connectivity index is 2.91. The molecule has 2 nitrogen and oxygen atoms in total. The van der Waals surface area contributed by atoms with Crippen molar-refractivity contribution in [3.63, 3.8) is 0 Å². The summed E-state index contributed by atoms with van der Waals surface area (Å²) in [6.07, 6.45) is -4.60. The molecule has 5 heteroatoms. The molecule has 0 aliphatic rings. The summed E-state index contributed by atoms with van der Waals surface area (Å²) in [6.45, 7) is 3.15. The lowest BCUT2D eigenvalue weighted by Gasteiger charge is -2.14. The molecule has 0 radical (unpaired) electrons. The molecule has 0 spiro atoms. The van der Waals surface area contributed by atoms with Gasteiger partial charge in [-0.05, 0) is 42.5 Å². The molecule has 0 saturated heterocycles. The largest absolute Gasteiger partial charge is 0.508 e. The number of phenols is 2. The third-order valence-corrected chi connectivity index (χ3v) is 3.13. The van der Waals surface area contributed by atoms with Crippen LogP contribution in [0.25, 0.3) is 10.8 Å². The van der Waals surface area contributed by atoms with Crippen LogP contribution in [0.15, 0.2) is 18.2 Å². The Hall–Kier alpha value is -1.91. The topological polar surface area (TPSA) is 40.5 Å². The summed E-state index contributed by atoms with van der Waals surface area (Å²) in [7, 11) is 0. The van der Waals surface area contributed by atoms with E-state index in [1.165, 1.54) is 12.1 Å². The lowest BCUT2D eigenvalue weighted by molar-refractivity contribution is -0.138. The molecule has 0 saturated carbocycles. The lowest BCUT2D eigenvalue weighted by atomic mass is 9.96. The molecule has 0 atom stereocenters. The third-order valence-electron chi connectivity index (χ3n) is 3.13. The molecular weight excluding hydrogens is 245 g/mol. The average molecular weight is 256 g/mol. The third kappa shape index (κ3) is 1.75. The second kappa shape index (κ2) is 3.80. The molecule has 0 aromatic heterocycles. The van der Waals surface area contributed by atoms with E-state index < -0.39 is 17.5 Å². The van der Waals surface area contributed by atoms with Crippen LogP contribution in [0.3, 0.4) is 0 Å². The molecule has 2 aromatic rings. The van der Waals surface area contributed by atoms with Gasteiger partial charge in [-0.15, -0.1) is 0 Å². The second-order valence-electron chi connectivity index (χ2n) is 4.20. The fourth-order valence-corrected chi connectivity index (χ4v) is 1.99. The van der Waals surface area contributed by atoms with E-state index in [9.17, 15) is 23.4 Å². The van der Waals surface area contributed by atoms with Crippen molar-refractivity contribution in [1.82, 2.24) is 0 Å². The number of halogens is 3. The van der Waals surface area contributed by atoms with Gasteiger partial charge in [-0.25, -0.2) is 0 Å². The highest BCUT2D eigenvalue weighted by molar-refractivity contribution is 5.94. The summed E-state index contributed by atoms with van der Waals surface area (Å²) in [5.74, 6) is -0.792. The number of hydrogen-bond donors (Lipinski definition) is 2. The fraction of sp³-hybridized carbons (Fsp3) is 0.231. The quantitative estimate of drug-likeness (QED) is 0.750. The molecular formula is C13H11F3O2. The minimum Gasteiger partial charge on any atom is -0.508 e. The van der Waals surface area contributed by atoms with Crippen LogP contribution >= 0.6 is 0 Å². The van der Waals surface area contributed by atoms with Crippen LogP contribution in [0.1, 0.15) is 16.7 Å². The highest BCUT2D eigenvalue weighted by Crippen LogP contribution is 2.42. The number of alkyl halides is 3. The van der Waals surface area contributed by atoms with E-state index in [0.29, 0.717) is 16.5 Å². The molecule has 2 rings (SSSR count). The zero-order valence-electron chi connectivity index (χ0n) is 9.76. The summed E-state index contributed by atoms with van der Waals surface area (Å²) in [4.78, 5) is 0. The van der Waals surface area contributed by atoms with Crippen LogP contribution in [0.5, 0.6) is 11.5 Å². The maximum absolute atomic E-state index is 12.7.